The third kappa shape index (κ3) is 2.28. The summed E-state index contributed by atoms with van der Waals surface area (Å²) in [5.74, 6) is 1.14. The molecule has 0 unspecified atom stereocenters. The van der Waals surface area contributed by atoms with Crippen LogP contribution in [-0.2, 0) is 4.79 Å². The fraction of sp³-hybridized carbons (Fsp3) is 0.429. The second-order valence-electron chi connectivity index (χ2n) is 5.03. The summed E-state index contributed by atoms with van der Waals surface area (Å²) in [4.78, 5) is 27.1. The number of benzene rings is 1. The minimum absolute atomic E-state index is 0.157. The van der Waals surface area contributed by atoms with E-state index in [1.54, 1.807) is 36.3 Å². The van der Waals surface area contributed by atoms with E-state index in [-0.39, 0.29) is 18.5 Å². The van der Waals surface area contributed by atoms with Crippen molar-refractivity contribution < 1.29 is 14.3 Å². The summed E-state index contributed by atoms with van der Waals surface area (Å²) in [6.45, 7) is 0.901. The molecule has 0 N–H and O–H groups in total. The molecule has 1 aromatic carbocycles. The van der Waals surface area contributed by atoms with E-state index in [1.165, 1.54) is 17.7 Å². The van der Waals surface area contributed by atoms with E-state index >= 15 is 0 Å². The van der Waals surface area contributed by atoms with Crippen molar-refractivity contribution in [2.45, 2.75) is 12.8 Å². The maximum atomic E-state index is 12.2. The number of urea groups is 1. The summed E-state index contributed by atoms with van der Waals surface area (Å²) in [5.41, 5.74) is 0.606. The fourth-order valence-electron chi connectivity index (χ4n) is 2.29. The summed E-state index contributed by atoms with van der Waals surface area (Å²) < 4.78 is 5.07. The van der Waals surface area contributed by atoms with Crippen molar-refractivity contribution in [3.05, 3.63) is 24.3 Å². The molecule has 1 aromatic rings. The van der Waals surface area contributed by atoms with Crippen LogP contribution in [0.1, 0.15) is 12.8 Å². The van der Waals surface area contributed by atoms with E-state index in [4.69, 9.17) is 4.74 Å². The van der Waals surface area contributed by atoms with Gasteiger partial charge in [-0.15, -0.1) is 0 Å². The molecule has 0 bridgehead atoms. The topological polar surface area (TPSA) is 49.9 Å². The number of hydrogen-bond donors (Lipinski definition) is 0. The summed E-state index contributed by atoms with van der Waals surface area (Å²) in [6, 6.07) is 6.76. The number of anilines is 1. The van der Waals surface area contributed by atoms with Crippen molar-refractivity contribution in [3.8, 4) is 5.75 Å². The zero-order chi connectivity index (χ0) is 13.4. The van der Waals surface area contributed by atoms with Crippen molar-refractivity contribution in [1.29, 1.82) is 0 Å². The number of methoxy groups -OCH3 is 1. The molecule has 0 aromatic heterocycles. The van der Waals surface area contributed by atoms with Crippen LogP contribution in [0, 0.1) is 5.92 Å². The number of ether oxygens (including phenoxy) is 1. The number of imide groups is 1. The lowest BCUT2D eigenvalue weighted by atomic mass is 10.3. The normalized spacial score (nSPS) is 19.2. The van der Waals surface area contributed by atoms with Crippen LogP contribution in [0.5, 0.6) is 5.75 Å². The molecule has 0 radical (unpaired) electrons. The smallest absolute Gasteiger partial charge is 0.331 e. The molecule has 2 fully saturated rings. The summed E-state index contributed by atoms with van der Waals surface area (Å²) in [7, 11) is 1.58. The molecule has 19 heavy (non-hydrogen) atoms. The van der Waals surface area contributed by atoms with Crippen LogP contribution in [0.25, 0.3) is 0 Å². The van der Waals surface area contributed by atoms with Gasteiger partial charge in [-0.1, -0.05) is 0 Å². The first-order valence-electron chi connectivity index (χ1n) is 6.45. The van der Waals surface area contributed by atoms with Gasteiger partial charge >= 0.3 is 6.03 Å². The highest BCUT2D eigenvalue weighted by atomic mass is 16.5. The zero-order valence-electron chi connectivity index (χ0n) is 10.8. The second-order valence-corrected chi connectivity index (χ2v) is 5.03. The quantitative estimate of drug-likeness (QED) is 0.777. The minimum Gasteiger partial charge on any atom is -0.497 e. The Morgan fingerprint density at radius 3 is 2.47 bits per heavy atom. The molecule has 5 heteroatoms. The SMILES string of the molecule is COc1ccc(N2C(=O)CN(CC3CC3)C2=O)cc1. The van der Waals surface area contributed by atoms with Gasteiger partial charge in [0.25, 0.3) is 5.91 Å². The molecular weight excluding hydrogens is 244 g/mol. The lowest BCUT2D eigenvalue weighted by molar-refractivity contribution is -0.116. The van der Waals surface area contributed by atoms with Crippen molar-refractivity contribution in [1.82, 2.24) is 4.90 Å². The third-order valence-corrected chi connectivity index (χ3v) is 3.54. The Labute approximate surface area is 111 Å². The molecule has 100 valence electrons. The van der Waals surface area contributed by atoms with Crippen LogP contribution in [0.4, 0.5) is 10.5 Å². The van der Waals surface area contributed by atoms with E-state index in [0.717, 1.165) is 0 Å². The van der Waals surface area contributed by atoms with Crippen LogP contribution in [-0.4, -0.2) is 37.0 Å². The molecule has 1 heterocycles. The standard InChI is InChI=1S/C14H16N2O3/c1-19-12-6-4-11(5-7-12)16-13(17)9-15(14(16)18)8-10-2-3-10/h4-7,10H,2-3,8-9H2,1H3. The molecule has 1 aliphatic heterocycles. The van der Waals surface area contributed by atoms with E-state index in [0.29, 0.717) is 23.9 Å². The van der Waals surface area contributed by atoms with Crippen LogP contribution in [0.15, 0.2) is 24.3 Å². The first-order valence-corrected chi connectivity index (χ1v) is 6.45. The molecule has 2 aliphatic rings. The summed E-state index contributed by atoms with van der Waals surface area (Å²) in [6.07, 6.45) is 2.33. The monoisotopic (exact) mass is 260 g/mol. The number of amides is 3. The van der Waals surface area contributed by atoms with Crippen LogP contribution < -0.4 is 9.64 Å². The van der Waals surface area contributed by atoms with Gasteiger partial charge in [0.2, 0.25) is 0 Å². The second kappa shape index (κ2) is 4.57. The van der Waals surface area contributed by atoms with Gasteiger partial charge in [0.05, 0.1) is 12.8 Å². The highest BCUT2D eigenvalue weighted by molar-refractivity contribution is 6.19. The first kappa shape index (κ1) is 12.0. The van der Waals surface area contributed by atoms with Crippen molar-refractivity contribution in [3.63, 3.8) is 0 Å². The Balaban J connectivity index is 1.78. The summed E-state index contributed by atoms with van der Waals surface area (Å²) >= 11 is 0. The van der Waals surface area contributed by atoms with Crippen molar-refractivity contribution >= 4 is 17.6 Å². The van der Waals surface area contributed by atoms with Gasteiger partial charge in [-0.05, 0) is 43.0 Å². The van der Waals surface area contributed by atoms with E-state index < -0.39 is 0 Å². The molecular formula is C14H16N2O3. The molecule has 5 nitrogen and oxygen atoms in total. The molecule has 1 aliphatic carbocycles. The van der Waals surface area contributed by atoms with E-state index in [9.17, 15) is 9.59 Å². The molecule has 0 spiro atoms. The Hall–Kier alpha value is -2.04. The number of carbonyl (C=O) groups excluding carboxylic acids is 2. The number of nitrogens with zero attached hydrogens (tertiary/aromatic N) is 2. The van der Waals surface area contributed by atoms with Gasteiger partial charge in [0.15, 0.2) is 0 Å². The van der Waals surface area contributed by atoms with Gasteiger partial charge in [-0.2, -0.15) is 0 Å². The molecule has 0 atom stereocenters. The maximum absolute atomic E-state index is 12.2. The van der Waals surface area contributed by atoms with Gasteiger partial charge in [-0.25, -0.2) is 9.69 Å². The van der Waals surface area contributed by atoms with Crippen LogP contribution in [0.3, 0.4) is 0 Å². The van der Waals surface area contributed by atoms with Gasteiger partial charge in [-0.3, -0.25) is 4.79 Å². The van der Waals surface area contributed by atoms with E-state index in [1.807, 2.05) is 0 Å². The Bertz CT molecular complexity index is 508. The lowest BCUT2D eigenvalue weighted by Crippen LogP contribution is -2.33. The lowest BCUT2D eigenvalue weighted by Gasteiger charge is -2.17. The predicted octanol–water partition coefficient (Wildman–Crippen LogP) is 1.87. The zero-order valence-corrected chi connectivity index (χ0v) is 10.8. The average molecular weight is 260 g/mol. The predicted molar refractivity (Wildman–Crippen MR) is 70.2 cm³/mol. The Kier molecular flexibility index (Phi) is 2.89. The van der Waals surface area contributed by atoms with Crippen molar-refractivity contribution in [2.75, 3.05) is 25.1 Å². The maximum Gasteiger partial charge on any atom is 0.331 e. The van der Waals surface area contributed by atoms with Gasteiger partial charge in [0, 0.05) is 6.54 Å². The minimum atomic E-state index is -0.206. The van der Waals surface area contributed by atoms with E-state index in [2.05, 4.69) is 0 Å². The fourth-order valence-corrected chi connectivity index (χ4v) is 2.29. The number of hydrogen-bond acceptors (Lipinski definition) is 3. The molecule has 1 saturated heterocycles. The first-order chi connectivity index (χ1) is 9.19. The number of rotatable bonds is 4. The molecule has 3 amide bonds. The van der Waals surface area contributed by atoms with Gasteiger partial charge in [0.1, 0.15) is 12.3 Å². The van der Waals surface area contributed by atoms with Crippen LogP contribution in [0.2, 0.25) is 0 Å². The molecule has 3 rings (SSSR count). The van der Waals surface area contributed by atoms with Crippen LogP contribution >= 0.6 is 0 Å². The number of carbonyl (C=O) groups is 2. The Morgan fingerprint density at radius 2 is 1.89 bits per heavy atom. The van der Waals surface area contributed by atoms with Gasteiger partial charge < -0.3 is 9.64 Å². The largest absolute Gasteiger partial charge is 0.497 e. The van der Waals surface area contributed by atoms with Crippen molar-refractivity contribution in [2.24, 2.45) is 5.92 Å². The Morgan fingerprint density at radius 1 is 1.21 bits per heavy atom. The summed E-state index contributed by atoms with van der Waals surface area (Å²) in [5, 5.41) is 0. The highest BCUT2D eigenvalue weighted by Gasteiger charge is 2.39. The average Bonchev–Trinajstić information content (AvgIpc) is 3.18. The third-order valence-electron chi connectivity index (χ3n) is 3.54. The highest BCUT2D eigenvalue weighted by Crippen LogP contribution is 2.32. The molecule has 1 saturated carbocycles.